The average Bonchev–Trinajstić information content (AvgIpc) is 2.96. The minimum atomic E-state index is -0.188. The first-order valence-corrected chi connectivity index (χ1v) is 10.3. The van der Waals surface area contributed by atoms with E-state index in [4.69, 9.17) is 4.74 Å². The summed E-state index contributed by atoms with van der Waals surface area (Å²) >= 11 is 0. The highest BCUT2D eigenvalue weighted by atomic mass is 16.5. The van der Waals surface area contributed by atoms with Gasteiger partial charge in [-0.15, -0.1) is 0 Å². The zero-order valence-corrected chi connectivity index (χ0v) is 15.6. The van der Waals surface area contributed by atoms with E-state index in [1.54, 1.807) is 6.92 Å². The van der Waals surface area contributed by atoms with Gasteiger partial charge in [-0.3, -0.25) is 0 Å². The van der Waals surface area contributed by atoms with Crippen molar-refractivity contribution in [1.29, 1.82) is 0 Å². The van der Waals surface area contributed by atoms with Gasteiger partial charge in [-0.05, 0) is 99.7 Å². The number of carbonyl (C=O) groups excluding carboxylic acids is 1. The van der Waals surface area contributed by atoms with Gasteiger partial charge in [-0.25, -0.2) is 4.79 Å². The van der Waals surface area contributed by atoms with Gasteiger partial charge < -0.3 is 4.74 Å². The lowest BCUT2D eigenvalue weighted by Crippen LogP contribution is -2.48. The Labute approximate surface area is 147 Å². The molecule has 0 aromatic heterocycles. The van der Waals surface area contributed by atoms with Crippen LogP contribution in [0, 0.1) is 35.0 Å². The largest absolute Gasteiger partial charge is 0.459 e. The lowest BCUT2D eigenvalue weighted by Gasteiger charge is -2.55. The average molecular weight is 331 g/mol. The molecular formula is C22H34O2. The van der Waals surface area contributed by atoms with Gasteiger partial charge in [-0.2, -0.15) is 0 Å². The summed E-state index contributed by atoms with van der Waals surface area (Å²) in [7, 11) is 0. The molecule has 134 valence electrons. The van der Waals surface area contributed by atoms with Gasteiger partial charge in [0, 0.05) is 5.57 Å². The van der Waals surface area contributed by atoms with Crippen LogP contribution in [-0.2, 0) is 9.53 Å². The summed E-state index contributed by atoms with van der Waals surface area (Å²) in [5, 5.41) is 0. The summed E-state index contributed by atoms with van der Waals surface area (Å²) in [4.78, 5) is 11.8. The van der Waals surface area contributed by atoms with Crippen molar-refractivity contribution >= 4 is 5.97 Å². The number of fused-ring (bicyclic) bond motifs is 5. The predicted molar refractivity (Wildman–Crippen MR) is 96.4 cm³/mol. The van der Waals surface area contributed by atoms with Gasteiger partial charge in [0.2, 0.25) is 0 Å². The van der Waals surface area contributed by atoms with Crippen molar-refractivity contribution in [1.82, 2.24) is 0 Å². The lowest BCUT2D eigenvalue weighted by molar-refractivity contribution is -0.149. The molecule has 4 fully saturated rings. The molecule has 0 saturated heterocycles. The number of hydrogen-bond donors (Lipinski definition) is 0. The smallest absolute Gasteiger partial charge is 0.333 e. The molecule has 0 aliphatic heterocycles. The van der Waals surface area contributed by atoms with Crippen LogP contribution in [-0.4, -0.2) is 12.1 Å². The Bertz CT molecular complexity index is 524. The van der Waals surface area contributed by atoms with Gasteiger partial charge in [0.1, 0.15) is 6.10 Å². The van der Waals surface area contributed by atoms with E-state index in [9.17, 15) is 4.79 Å². The quantitative estimate of drug-likeness (QED) is 0.492. The molecule has 4 aliphatic carbocycles. The molecule has 4 saturated carbocycles. The van der Waals surface area contributed by atoms with E-state index in [1.807, 2.05) is 0 Å². The minimum Gasteiger partial charge on any atom is -0.459 e. The Morgan fingerprint density at radius 1 is 1.00 bits per heavy atom. The number of carbonyl (C=O) groups is 1. The summed E-state index contributed by atoms with van der Waals surface area (Å²) < 4.78 is 5.68. The van der Waals surface area contributed by atoms with E-state index in [2.05, 4.69) is 13.5 Å². The van der Waals surface area contributed by atoms with Crippen molar-refractivity contribution in [2.75, 3.05) is 0 Å². The van der Waals surface area contributed by atoms with Crippen molar-refractivity contribution in [3.05, 3.63) is 12.2 Å². The first-order valence-electron chi connectivity index (χ1n) is 10.3. The van der Waals surface area contributed by atoms with Crippen molar-refractivity contribution in [2.24, 2.45) is 35.0 Å². The summed E-state index contributed by atoms with van der Waals surface area (Å²) in [5.41, 5.74) is 1.20. The second kappa shape index (κ2) is 6.18. The molecule has 2 heteroatoms. The molecule has 7 atom stereocenters. The highest BCUT2D eigenvalue weighted by molar-refractivity contribution is 5.87. The fraction of sp³-hybridized carbons (Fsp3) is 0.864. The van der Waals surface area contributed by atoms with Crippen LogP contribution in [0.15, 0.2) is 12.2 Å². The normalized spacial score (nSPS) is 47.2. The van der Waals surface area contributed by atoms with Crippen molar-refractivity contribution in [3.63, 3.8) is 0 Å². The monoisotopic (exact) mass is 330 g/mol. The van der Waals surface area contributed by atoms with Gasteiger partial charge >= 0.3 is 5.97 Å². The topological polar surface area (TPSA) is 26.3 Å². The zero-order valence-electron chi connectivity index (χ0n) is 15.6. The maximum absolute atomic E-state index is 11.8. The number of hydrogen-bond acceptors (Lipinski definition) is 2. The molecular weight excluding hydrogens is 296 g/mol. The van der Waals surface area contributed by atoms with E-state index in [1.165, 1.54) is 51.4 Å². The fourth-order valence-corrected chi connectivity index (χ4v) is 7.16. The molecule has 0 amide bonds. The minimum absolute atomic E-state index is 0.146. The Hall–Kier alpha value is -0.790. The summed E-state index contributed by atoms with van der Waals surface area (Å²) in [6.45, 7) is 8.05. The molecule has 4 aliphatic rings. The summed E-state index contributed by atoms with van der Waals surface area (Å²) in [6.07, 6.45) is 13.8. The van der Waals surface area contributed by atoms with Crippen molar-refractivity contribution in [3.8, 4) is 0 Å². The van der Waals surface area contributed by atoms with E-state index >= 15 is 0 Å². The SMILES string of the molecule is C=C(C)C(=O)OC1CC[C@H]2C(CC[C@@H]3[C@@H]2CC[C@]2(C)CCC[C@@H]32)C1. The molecule has 0 aromatic carbocycles. The first-order chi connectivity index (χ1) is 11.5. The zero-order chi connectivity index (χ0) is 16.9. The number of esters is 1. The van der Waals surface area contributed by atoms with Crippen LogP contribution in [0.2, 0.25) is 0 Å². The Morgan fingerprint density at radius 2 is 1.79 bits per heavy atom. The third kappa shape index (κ3) is 2.74. The molecule has 0 aromatic rings. The van der Waals surface area contributed by atoms with E-state index in [0.717, 1.165) is 42.4 Å². The van der Waals surface area contributed by atoms with Gasteiger partial charge in [0.15, 0.2) is 0 Å². The second-order valence-electron chi connectivity index (χ2n) is 9.64. The van der Waals surface area contributed by atoms with Gasteiger partial charge in [0.25, 0.3) is 0 Å². The standard InChI is InChI=1S/C22H34O2/c1-14(2)21(23)24-16-7-9-17-15(13-16)6-8-19-18(17)10-12-22(3)11-4-5-20(19)22/h15-20H,1,4-13H2,2-3H3/t15?,16?,17-,18+,19+,20-,22-/m0/s1. The van der Waals surface area contributed by atoms with Gasteiger partial charge in [-0.1, -0.05) is 19.9 Å². The summed E-state index contributed by atoms with van der Waals surface area (Å²) in [5.74, 6) is 4.50. The molecule has 0 N–H and O–H groups in total. The predicted octanol–water partition coefficient (Wildman–Crippen LogP) is 5.52. The molecule has 4 rings (SSSR count). The summed E-state index contributed by atoms with van der Waals surface area (Å²) in [6, 6.07) is 0. The molecule has 0 bridgehead atoms. The van der Waals surface area contributed by atoms with Gasteiger partial charge in [0.05, 0.1) is 0 Å². The van der Waals surface area contributed by atoms with Crippen LogP contribution in [0.1, 0.15) is 78.1 Å². The molecule has 0 spiro atoms. The highest BCUT2D eigenvalue weighted by Crippen LogP contribution is 2.62. The van der Waals surface area contributed by atoms with Crippen molar-refractivity contribution in [2.45, 2.75) is 84.2 Å². The molecule has 2 unspecified atom stereocenters. The first kappa shape index (κ1) is 16.7. The molecule has 0 heterocycles. The highest BCUT2D eigenvalue weighted by Gasteiger charge is 2.53. The Balaban J connectivity index is 1.42. The maximum Gasteiger partial charge on any atom is 0.333 e. The molecule has 2 nitrogen and oxygen atoms in total. The van der Waals surface area contributed by atoms with E-state index in [0.29, 0.717) is 11.0 Å². The lowest BCUT2D eigenvalue weighted by atomic mass is 9.50. The molecule has 24 heavy (non-hydrogen) atoms. The number of rotatable bonds is 2. The van der Waals surface area contributed by atoms with E-state index in [-0.39, 0.29) is 12.1 Å². The van der Waals surface area contributed by atoms with Crippen LogP contribution < -0.4 is 0 Å². The maximum atomic E-state index is 11.8. The Kier molecular flexibility index (Phi) is 4.29. The van der Waals surface area contributed by atoms with Crippen LogP contribution in [0.5, 0.6) is 0 Å². The second-order valence-corrected chi connectivity index (χ2v) is 9.64. The van der Waals surface area contributed by atoms with Crippen molar-refractivity contribution < 1.29 is 9.53 Å². The third-order valence-electron chi connectivity index (χ3n) is 8.31. The fourth-order valence-electron chi connectivity index (χ4n) is 7.16. The van der Waals surface area contributed by atoms with Crippen LogP contribution in [0.3, 0.4) is 0 Å². The molecule has 0 radical (unpaired) electrons. The number of ether oxygens (including phenoxy) is 1. The van der Waals surface area contributed by atoms with Crippen LogP contribution in [0.25, 0.3) is 0 Å². The van der Waals surface area contributed by atoms with Crippen LogP contribution >= 0.6 is 0 Å². The third-order valence-corrected chi connectivity index (χ3v) is 8.31. The van der Waals surface area contributed by atoms with Crippen LogP contribution in [0.4, 0.5) is 0 Å². The Morgan fingerprint density at radius 3 is 2.58 bits per heavy atom. The van der Waals surface area contributed by atoms with E-state index < -0.39 is 0 Å².